The highest BCUT2D eigenvalue weighted by atomic mass is 32.2. The Morgan fingerprint density at radius 1 is 1.00 bits per heavy atom. The monoisotopic (exact) mass is 357 g/mol. The normalized spacial score (nSPS) is 18.0. The molecule has 0 spiro atoms. The van der Waals surface area contributed by atoms with Gasteiger partial charge in [-0.25, -0.2) is 0 Å². The van der Waals surface area contributed by atoms with Gasteiger partial charge in [-0.2, -0.15) is 0 Å². The fourth-order valence-corrected chi connectivity index (χ4v) is 3.73. The van der Waals surface area contributed by atoms with Gasteiger partial charge in [0.25, 0.3) is 0 Å². The molecule has 0 bridgehead atoms. The lowest BCUT2D eigenvalue weighted by atomic mass is 10.0. The molecule has 2 aromatic carbocycles. The van der Waals surface area contributed by atoms with Gasteiger partial charge in [-0.15, -0.1) is 11.8 Å². The zero-order chi connectivity index (χ0) is 17.1. The summed E-state index contributed by atoms with van der Waals surface area (Å²) in [6.45, 7) is 1.76. The molecule has 0 saturated heterocycles. The highest BCUT2D eigenvalue weighted by Crippen LogP contribution is 2.34. The van der Waals surface area contributed by atoms with Crippen molar-refractivity contribution < 1.29 is 19.0 Å². The van der Waals surface area contributed by atoms with Crippen LogP contribution in [-0.2, 0) is 4.79 Å². The third kappa shape index (κ3) is 3.69. The molecule has 0 saturated carbocycles. The standard InChI is InChI=1S/C19H19NO4S/c21-19(20-15-7-8-22-16-4-2-1-3-14(15)16)12-25-13-5-6-17-18(11-13)24-10-9-23-17/h1-6,11,15H,7-10,12H2,(H,20,21). The third-order valence-electron chi connectivity index (χ3n) is 4.18. The predicted molar refractivity (Wildman–Crippen MR) is 95.6 cm³/mol. The number of carbonyl (C=O) groups excluding carboxylic acids is 1. The van der Waals surface area contributed by atoms with E-state index in [4.69, 9.17) is 14.2 Å². The Morgan fingerprint density at radius 3 is 2.72 bits per heavy atom. The van der Waals surface area contributed by atoms with Crippen LogP contribution in [0.2, 0.25) is 0 Å². The van der Waals surface area contributed by atoms with Gasteiger partial charge in [0.15, 0.2) is 11.5 Å². The number of amides is 1. The highest BCUT2D eigenvalue weighted by Gasteiger charge is 2.22. The van der Waals surface area contributed by atoms with Crippen molar-refractivity contribution in [3.8, 4) is 17.2 Å². The van der Waals surface area contributed by atoms with Gasteiger partial charge in [0.1, 0.15) is 19.0 Å². The summed E-state index contributed by atoms with van der Waals surface area (Å²) in [4.78, 5) is 13.3. The molecule has 2 aromatic rings. The molecule has 0 radical (unpaired) electrons. The Morgan fingerprint density at radius 2 is 1.80 bits per heavy atom. The van der Waals surface area contributed by atoms with E-state index >= 15 is 0 Å². The Balaban J connectivity index is 1.36. The summed E-state index contributed by atoms with van der Waals surface area (Å²) in [6, 6.07) is 13.6. The molecule has 4 rings (SSSR count). The molecule has 2 aliphatic heterocycles. The van der Waals surface area contributed by atoms with Crippen LogP contribution in [0.15, 0.2) is 47.4 Å². The van der Waals surface area contributed by atoms with E-state index in [0.717, 1.165) is 34.1 Å². The molecular formula is C19H19NO4S. The first-order chi connectivity index (χ1) is 12.3. The van der Waals surface area contributed by atoms with Gasteiger partial charge in [0, 0.05) is 16.9 Å². The van der Waals surface area contributed by atoms with E-state index in [1.54, 1.807) is 0 Å². The number of fused-ring (bicyclic) bond motifs is 2. The Hall–Kier alpha value is -2.34. The van der Waals surface area contributed by atoms with Crippen molar-refractivity contribution in [3.63, 3.8) is 0 Å². The van der Waals surface area contributed by atoms with Crippen molar-refractivity contribution in [1.82, 2.24) is 5.32 Å². The Bertz CT molecular complexity index is 780. The maximum absolute atomic E-state index is 12.4. The summed E-state index contributed by atoms with van der Waals surface area (Å²) < 4.78 is 16.7. The number of hydrogen-bond acceptors (Lipinski definition) is 5. The number of ether oxygens (including phenoxy) is 3. The summed E-state index contributed by atoms with van der Waals surface area (Å²) in [5, 5.41) is 3.11. The molecule has 1 amide bonds. The predicted octanol–water partition coefficient (Wildman–Crippen LogP) is 3.19. The maximum Gasteiger partial charge on any atom is 0.230 e. The fourth-order valence-electron chi connectivity index (χ4n) is 2.99. The van der Waals surface area contributed by atoms with Crippen LogP contribution in [0, 0.1) is 0 Å². The molecule has 2 aliphatic rings. The van der Waals surface area contributed by atoms with Crippen LogP contribution in [0.25, 0.3) is 0 Å². The van der Waals surface area contributed by atoms with Crippen molar-refractivity contribution in [1.29, 1.82) is 0 Å². The molecule has 5 nitrogen and oxygen atoms in total. The molecule has 25 heavy (non-hydrogen) atoms. The van der Waals surface area contributed by atoms with Crippen LogP contribution in [-0.4, -0.2) is 31.5 Å². The fraction of sp³-hybridized carbons (Fsp3) is 0.316. The van der Waals surface area contributed by atoms with Crippen molar-refractivity contribution in [2.45, 2.75) is 17.4 Å². The molecule has 1 atom stereocenters. The first-order valence-corrected chi connectivity index (χ1v) is 9.32. The number of para-hydroxylation sites is 1. The average Bonchev–Trinajstić information content (AvgIpc) is 2.66. The van der Waals surface area contributed by atoms with Crippen LogP contribution in [0.1, 0.15) is 18.0 Å². The molecule has 1 unspecified atom stereocenters. The number of rotatable bonds is 4. The summed E-state index contributed by atoms with van der Waals surface area (Å²) in [6.07, 6.45) is 0.789. The molecular weight excluding hydrogens is 338 g/mol. The number of benzene rings is 2. The minimum Gasteiger partial charge on any atom is -0.493 e. The second-order valence-corrected chi connectivity index (χ2v) is 6.94. The van der Waals surface area contributed by atoms with Gasteiger partial charge in [-0.3, -0.25) is 4.79 Å². The van der Waals surface area contributed by atoms with E-state index in [0.29, 0.717) is 25.6 Å². The number of carbonyl (C=O) groups is 1. The summed E-state index contributed by atoms with van der Waals surface area (Å²) >= 11 is 1.49. The van der Waals surface area contributed by atoms with Gasteiger partial charge in [0.2, 0.25) is 5.91 Å². The SMILES string of the molecule is O=C(CSc1ccc2c(c1)OCCO2)NC1CCOc2ccccc21. The lowest BCUT2D eigenvalue weighted by Crippen LogP contribution is -2.33. The van der Waals surface area contributed by atoms with E-state index in [9.17, 15) is 4.79 Å². The molecule has 0 aromatic heterocycles. The topological polar surface area (TPSA) is 56.8 Å². The highest BCUT2D eigenvalue weighted by molar-refractivity contribution is 8.00. The second-order valence-electron chi connectivity index (χ2n) is 5.89. The largest absolute Gasteiger partial charge is 0.493 e. The molecule has 2 heterocycles. The van der Waals surface area contributed by atoms with Crippen LogP contribution in [0.5, 0.6) is 17.2 Å². The van der Waals surface area contributed by atoms with Gasteiger partial charge in [-0.05, 0) is 24.3 Å². The zero-order valence-electron chi connectivity index (χ0n) is 13.7. The minimum atomic E-state index is 0.0123. The smallest absolute Gasteiger partial charge is 0.230 e. The average molecular weight is 357 g/mol. The molecule has 1 N–H and O–H groups in total. The number of nitrogens with one attached hydrogen (secondary N) is 1. The Labute approximate surface area is 150 Å². The van der Waals surface area contributed by atoms with Crippen molar-refractivity contribution >= 4 is 17.7 Å². The van der Waals surface area contributed by atoms with Crippen LogP contribution in [0.3, 0.4) is 0 Å². The van der Waals surface area contributed by atoms with Crippen molar-refractivity contribution in [2.24, 2.45) is 0 Å². The minimum absolute atomic E-state index is 0.0123. The summed E-state index contributed by atoms with van der Waals surface area (Å²) in [7, 11) is 0. The lowest BCUT2D eigenvalue weighted by molar-refractivity contribution is -0.119. The van der Waals surface area contributed by atoms with E-state index in [2.05, 4.69) is 5.32 Å². The van der Waals surface area contributed by atoms with Gasteiger partial charge >= 0.3 is 0 Å². The molecule has 130 valence electrons. The van der Waals surface area contributed by atoms with E-state index in [-0.39, 0.29) is 11.9 Å². The number of thioether (sulfide) groups is 1. The molecule has 0 fully saturated rings. The molecule has 0 aliphatic carbocycles. The Kier molecular flexibility index (Phi) is 4.70. The second kappa shape index (κ2) is 7.27. The van der Waals surface area contributed by atoms with E-state index in [1.807, 2.05) is 42.5 Å². The number of hydrogen-bond donors (Lipinski definition) is 1. The van der Waals surface area contributed by atoms with E-state index in [1.165, 1.54) is 11.8 Å². The summed E-state index contributed by atoms with van der Waals surface area (Å²) in [5.41, 5.74) is 1.05. The van der Waals surface area contributed by atoms with Gasteiger partial charge in [-0.1, -0.05) is 18.2 Å². The lowest BCUT2D eigenvalue weighted by Gasteiger charge is -2.26. The van der Waals surface area contributed by atoms with Crippen LogP contribution in [0.4, 0.5) is 0 Å². The zero-order valence-corrected chi connectivity index (χ0v) is 14.5. The van der Waals surface area contributed by atoms with E-state index < -0.39 is 0 Å². The van der Waals surface area contributed by atoms with Gasteiger partial charge < -0.3 is 19.5 Å². The van der Waals surface area contributed by atoms with Crippen LogP contribution < -0.4 is 19.5 Å². The third-order valence-corrected chi connectivity index (χ3v) is 5.17. The molecule has 6 heteroatoms. The van der Waals surface area contributed by atoms with Gasteiger partial charge in [0.05, 0.1) is 18.4 Å². The van der Waals surface area contributed by atoms with Crippen molar-refractivity contribution in [2.75, 3.05) is 25.6 Å². The first kappa shape index (κ1) is 16.1. The van der Waals surface area contributed by atoms with Crippen LogP contribution >= 0.6 is 11.8 Å². The summed E-state index contributed by atoms with van der Waals surface area (Å²) in [5.74, 6) is 2.74. The first-order valence-electron chi connectivity index (χ1n) is 8.33. The van der Waals surface area contributed by atoms with Crippen molar-refractivity contribution in [3.05, 3.63) is 48.0 Å². The quantitative estimate of drug-likeness (QED) is 0.852. The maximum atomic E-state index is 12.4.